The maximum absolute atomic E-state index is 2.34. The summed E-state index contributed by atoms with van der Waals surface area (Å²) < 4.78 is 0. The SMILES string of the molecule is CCCC[C@H](CCC)C1CCCC1. The average molecular weight is 182 g/mol. The van der Waals surface area contributed by atoms with Gasteiger partial charge < -0.3 is 0 Å². The summed E-state index contributed by atoms with van der Waals surface area (Å²) >= 11 is 0. The lowest BCUT2D eigenvalue weighted by molar-refractivity contribution is 0.290. The quantitative estimate of drug-likeness (QED) is 0.554. The Labute approximate surface area is 84.1 Å². The molecule has 78 valence electrons. The van der Waals surface area contributed by atoms with Crippen LogP contribution in [0.2, 0.25) is 0 Å². The third kappa shape index (κ3) is 3.70. The van der Waals surface area contributed by atoms with Gasteiger partial charge in [0, 0.05) is 0 Å². The molecule has 0 saturated heterocycles. The van der Waals surface area contributed by atoms with Crippen LogP contribution in [0.5, 0.6) is 0 Å². The van der Waals surface area contributed by atoms with E-state index in [0.717, 1.165) is 11.8 Å². The van der Waals surface area contributed by atoms with Gasteiger partial charge in [-0.05, 0) is 11.8 Å². The summed E-state index contributed by atoms with van der Waals surface area (Å²) in [6, 6.07) is 0. The van der Waals surface area contributed by atoms with Gasteiger partial charge in [0.1, 0.15) is 0 Å². The molecule has 1 rings (SSSR count). The van der Waals surface area contributed by atoms with Crippen LogP contribution in [0.15, 0.2) is 0 Å². The van der Waals surface area contributed by atoms with Crippen LogP contribution in [-0.4, -0.2) is 0 Å². The molecular weight excluding hydrogens is 156 g/mol. The minimum absolute atomic E-state index is 1.08. The van der Waals surface area contributed by atoms with Gasteiger partial charge in [-0.25, -0.2) is 0 Å². The van der Waals surface area contributed by atoms with Gasteiger partial charge in [0.15, 0.2) is 0 Å². The van der Waals surface area contributed by atoms with E-state index < -0.39 is 0 Å². The zero-order valence-electron chi connectivity index (χ0n) is 9.52. The zero-order valence-corrected chi connectivity index (χ0v) is 9.52. The van der Waals surface area contributed by atoms with Crippen molar-refractivity contribution in [1.82, 2.24) is 0 Å². The highest BCUT2D eigenvalue weighted by molar-refractivity contribution is 4.75. The number of unbranched alkanes of at least 4 members (excludes halogenated alkanes) is 1. The highest BCUT2D eigenvalue weighted by Crippen LogP contribution is 2.36. The van der Waals surface area contributed by atoms with Crippen molar-refractivity contribution >= 4 is 0 Å². The van der Waals surface area contributed by atoms with E-state index in [2.05, 4.69) is 13.8 Å². The standard InChI is InChI=1S/C13H26/c1-3-5-9-12(8-4-2)13-10-6-7-11-13/h12-13H,3-11H2,1-2H3/t12-/m0/s1. The fourth-order valence-corrected chi connectivity index (χ4v) is 2.88. The van der Waals surface area contributed by atoms with Crippen molar-refractivity contribution in [2.45, 2.75) is 71.6 Å². The molecule has 0 N–H and O–H groups in total. The van der Waals surface area contributed by atoms with Crippen LogP contribution in [0.4, 0.5) is 0 Å². The summed E-state index contributed by atoms with van der Waals surface area (Å²) in [5.41, 5.74) is 0. The molecule has 0 spiro atoms. The van der Waals surface area contributed by atoms with E-state index in [-0.39, 0.29) is 0 Å². The third-order valence-corrected chi connectivity index (χ3v) is 3.65. The molecule has 0 bridgehead atoms. The fourth-order valence-electron chi connectivity index (χ4n) is 2.88. The first-order chi connectivity index (χ1) is 6.38. The molecule has 0 aromatic heterocycles. The number of hydrogen-bond donors (Lipinski definition) is 0. The van der Waals surface area contributed by atoms with E-state index in [0.29, 0.717) is 0 Å². The highest BCUT2D eigenvalue weighted by Gasteiger charge is 2.23. The van der Waals surface area contributed by atoms with Crippen molar-refractivity contribution in [2.75, 3.05) is 0 Å². The minimum Gasteiger partial charge on any atom is -0.0654 e. The van der Waals surface area contributed by atoms with Crippen LogP contribution in [0.3, 0.4) is 0 Å². The molecule has 0 aromatic carbocycles. The minimum atomic E-state index is 1.08. The largest absolute Gasteiger partial charge is 0.0654 e. The van der Waals surface area contributed by atoms with Gasteiger partial charge in [-0.1, -0.05) is 71.6 Å². The molecule has 0 aromatic rings. The van der Waals surface area contributed by atoms with Crippen LogP contribution >= 0.6 is 0 Å². The van der Waals surface area contributed by atoms with Crippen molar-refractivity contribution in [3.05, 3.63) is 0 Å². The van der Waals surface area contributed by atoms with Gasteiger partial charge in [0.25, 0.3) is 0 Å². The Kier molecular flexibility index (Phi) is 5.50. The summed E-state index contributed by atoms with van der Waals surface area (Å²) in [7, 11) is 0. The van der Waals surface area contributed by atoms with Crippen molar-refractivity contribution in [3.63, 3.8) is 0 Å². The van der Waals surface area contributed by atoms with E-state index in [1.54, 1.807) is 0 Å². The number of hydrogen-bond acceptors (Lipinski definition) is 0. The Hall–Kier alpha value is 0. The van der Waals surface area contributed by atoms with Gasteiger partial charge in [0.05, 0.1) is 0 Å². The smallest absolute Gasteiger partial charge is 0.0386 e. The summed E-state index contributed by atoms with van der Waals surface area (Å²) in [5, 5.41) is 0. The molecule has 0 amide bonds. The Balaban J connectivity index is 2.26. The van der Waals surface area contributed by atoms with Crippen LogP contribution < -0.4 is 0 Å². The molecule has 0 unspecified atom stereocenters. The van der Waals surface area contributed by atoms with Gasteiger partial charge in [-0.2, -0.15) is 0 Å². The molecule has 1 aliphatic carbocycles. The van der Waals surface area contributed by atoms with E-state index in [4.69, 9.17) is 0 Å². The zero-order chi connectivity index (χ0) is 9.52. The third-order valence-electron chi connectivity index (χ3n) is 3.65. The molecule has 0 heteroatoms. The molecular formula is C13H26. The van der Waals surface area contributed by atoms with Gasteiger partial charge in [-0.15, -0.1) is 0 Å². The summed E-state index contributed by atoms with van der Waals surface area (Å²) in [5.74, 6) is 2.18. The first kappa shape index (κ1) is 11.1. The average Bonchev–Trinajstić information content (AvgIpc) is 2.65. The Morgan fingerprint density at radius 1 is 1.00 bits per heavy atom. The monoisotopic (exact) mass is 182 g/mol. The lowest BCUT2D eigenvalue weighted by Gasteiger charge is -2.22. The first-order valence-electron chi connectivity index (χ1n) is 6.38. The second kappa shape index (κ2) is 6.45. The molecule has 0 nitrogen and oxygen atoms in total. The maximum Gasteiger partial charge on any atom is -0.0386 e. The van der Waals surface area contributed by atoms with E-state index in [9.17, 15) is 0 Å². The second-order valence-electron chi connectivity index (χ2n) is 4.74. The Morgan fingerprint density at radius 2 is 1.69 bits per heavy atom. The summed E-state index contributed by atoms with van der Waals surface area (Å²) in [6.07, 6.45) is 13.3. The van der Waals surface area contributed by atoms with Crippen molar-refractivity contribution in [1.29, 1.82) is 0 Å². The topological polar surface area (TPSA) is 0 Å². The lowest BCUT2D eigenvalue weighted by atomic mass is 9.83. The van der Waals surface area contributed by atoms with Gasteiger partial charge in [0.2, 0.25) is 0 Å². The summed E-state index contributed by atoms with van der Waals surface area (Å²) in [6.45, 7) is 4.66. The van der Waals surface area contributed by atoms with Crippen LogP contribution in [0, 0.1) is 11.8 Å². The summed E-state index contributed by atoms with van der Waals surface area (Å²) in [4.78, 5) is 0. The predicted octanol–water partition coefficient (Wildman–Crippen LogP) is 4.78. The normalized spacial score (nSPS) is 20.8. The van der Waals surface area contributed by atoms with Crippen LogP contribution in [-0.2, 0) is 0 Å². The molecule has 0 aliphatic heterocycles. The van der Waals surface area contributed by atoms with E-state index in [1.807, 2.05) is 0 Å². The molecule has 0 radical (unpaired) electrons. The Morgan fingerprint density at radius 3 is 2.23 bits per heavy atom. The molecule has 1 atom stereocenters. The van der Waals surface area contributed by atoms with E-state index >= 15 is 0 Å². The van der Waals surface area contributed by atoms with Crippen molar-refractivity contribution in [3.8, 4) is 0 Å². The van der Waals surface area contributed by atoms with Gasteiger partial charge in [-0.3, -0.25) is 0 Å². The van der Waals surface area contributed by atoms with Gasteiger partial charge >= 0.3 is 0 Å². The fraction of sp³-hybridized carbons (Fsp3) is 1.00. The lowest BCUT2D eigenvalue weighted by Crippen LogP contribution is -2.11. The second-order valence-corrected chi connectivity index (χ2v) is 4.74. The maximum atomic E-state index is 2.34. The molecule has 1 aliphatic rings. The molecule has 1 fully saturated rings. The predicted molar refractivity (Wildman–Crippen MR) is 59.9 cm³/mol. The number of rotatable bonds is 6. The molecule has 1 saturated carbocycles. The van der Waals surface area contributed by atoms with Crippen molar-refractivity contribution < 1.29 is 0 Å². The van der Waals surface area contributed by atoms with E-state index in [1.165, 1.54) is 57.8 Å². The molecule has 0 heterocycles. The van der Waals surface area contributed by atoms with Crippen molar-refractivity contribution in [2.24, 2.45) is 11.8 Å². The van der Waals surface area contributed by atoms with Crippen LogP contribution in [0.25, 0.3) is 0 Å². The van der Waals surface area contributed by atoms with Crippen LogP contribution in [0.1, 0.15) is 71.6 Å². The molecule has 13 heavy (non-hydrogen) atoms. The Bertz CT molecular complexity index is 111. The highest BCUT2D eigenvalue weighted by atomic mass is 14.3. The first-order valence-corrected chi connectivity index (χ1v) is 6.38.